The van der Waals surface area contributed by atoms with E-state index in [4.69, 9.17) is 21.3 Å². The number of hydrogen-bond donors (Lipinski definition) is 2. The second-order valence-electron chi connectivity index (χ2n) is 8.54. The summed E-state index contributed by atoms with van der Waals surface area (Å²) in [6.07, 6.45) is 0.701. The van der Waals surface area contributed by atoms with E-state index in [1.54, 1.807) is 4.90 Å². The summed E-state index contributed by atoms with van der Waals surface area (Å²) in [4.78, 5) is 6.37. The van der Waals surface area contributed by atoms with E-state index in [1.807, 2.05) is 49.4 Å². The van der Waals surface area contributed by atoms with Crippen LogP contribution in [0.5, 0.6) is 0 Å². The fourth-order valence-electron chi connectivity index (χ4n) is 4.66. The van der Waals surface area contributed by atoms with E-state index in [0.29, 0.717) is 17.6 Å². The highest BCUT2D eigenvalue weighted by Crippen LogP contribution is 2.32. The van der Waals surface area contributed by atoms with Crippen molar-refractivity contribution in [2.75, 3.05) is 44.7 Å². The van der Waals surface area contributed by atoms with E-state index < -0.39 is 0 Å². The Kier molecular flexibility index (Phi) is 6.19. The van der Waals surface area contributed by atoms with E-state index >= 15 is 0 Å². The molecule has 7 heteroatoms. The summed E-state index contributed by atoms with van der Waals surface area (Å²) in [7, 11) is 0. The molecule has 0 radical (unpaired) electrons. The number of morpholine rings is 1. The molecule has 2 aromatic carbocycles. The highest BCUT2D eigenvalue weighted by atomic mass is 35.5. The van der Waals surface area contributed by atoms with Crippen molar-refractivity contribution in [3.05, 3.63) is 75.8 Å². The van der Waals surface area contributed by atoms with E-state index in [-0.39, 0.29) is 0 Å². The van der Waals surface area contributed by atoms with Crippen molar-refractivity contribution in [1.29, 1.82) is 5.26 Å². The van der Waals surface area contributed by atoms with Crippen LogP contribution in [0.3, 0.4) is 0 Å². The number of anilines is 1. The van der Waals surface area contributed by atoms with Crippen LogP contribution in [0, 0.1) is 18.3 Å². The Bertz CT molecular complexity index is 1330. The summed E-state index contributed by atoms with van der Waals surface area (Å²) in [5.74, 6) is 1.01. The number of para-hydroxylation sites is 2. The molecule has 6 nitrogen and oxygen atoms in total. The van der Waals surface area contributed by atoms with Crippen molar-refractivity contribution in [2.24, 2.45) is 0 Å². The molecule has 33 heavy (non-hydrogen) atoms. The molecule has 1 aliphatic heterocycles. The molecule has 2 aromatic heterocycles. The molecule has 3 heterocycles. The fourth-order valence-corrected chi connectivity index (χ4v) is 4.79. The molecular weight excluding hydrogens is 434 g/mol. The molecule has 0 saturated carbocycles. The smallest absolute Gasteiger partial charge is 0.157 e. The molecule has 4 aromatic rings. The minimum atomic E-state index is 0.625. The van der Waals surface area contributed by atoms with Crippen LogP contribution in [-0.4, -0.2) is 48.8 Å². The fraction of sp³-hybridized carbons (Fsp3) is 0.308. The number of aromatic nitrogens is 2. The van der Waals surface area contributed by atoms with Gasteiger partial charge in [0.25, 0.3) is 0 Å². The number of quaternary nitrogens is 1. The molecule has 2 N–H and O–H groups in total. The van der Waals surface area contributed by atoms with Gasteiger partial charge in [-0.25, -0.2) is 4.98 Å². The lowest BCUT2D eigenvalue weighted by molar-refractivity contribution is -0.906. The van der Waals surface area contributed by atoms with Crippen molar-refractivity contribution in [1.82, 2.24) is 9.38 Å². The topological polar surface area (TPSA) is 66.8 Å². The second kappa shape index (κ2) is 9.40. The van der Waals surface area contributed by atoms with E-state index in [0.717, 1.165) is 78.0 Å². The van der Waals surface area contributed by atoms with Crippen molar-refractivity contribution in [2.45, 2.75) is 13.3 Å². The quantitative estimate of drug-likeness (QED) is 0.463. The van der Waals surface area contributed by atoms with Crippen LogP contribution in [0.1, 0.15) is 22.3 Å². The van der Waals surface area contributed by atoms with Crippen LogP contribution in [0.15, 0.2) is 48.5 Å². The van der Waals surface area contributed by atoms with Crippen LogP contribution < -0.4 is 10.2 Å². The van der Waals surface area contributed by atoms with Gasteiger partial charge >= 0.3 is 0 Å². The standard InChI is InChI=1S/C26H26ClN5O/c1-18-21(16-19-6-8-20(27)9-7-19)25(29-10-11-31-12-14-33-15-13-31)32-24-5-3-2-4-23(24)30-26(32)22(18)17-28/h2-9,29H,10-16H2,1H3/p+1. The van der Waals surface area contributed by atoms with Crippen molar-refractivity contribution >= 4 is 34.1 Å². The Labute approximate surface area is 198 Å². The summed E-state index contributed by atoms with van der Waals surface area (Å²) in [5.41, 5.74) is 6.45. The van der Waals surface area contributed by atoms with E-state index in [9.17, 15) is 5.26 Å². The molecule has 0 aliphatic carbocycles. The lowest BCUT2D eigenvalue weighted by Gasteiger charge is -2.25. The van der Waals surface area contributed by atoms with Crippen LogP contribution >= 0.6 is 11.6 Å². The number of ether oxygens (including phenoxy) is 1. The Balaban J connectivity index is 1.62. The monoisotopic (exact) mass is 460 g/mol. The molecule has 5 rings (SSSR count). The first-order valence-corrected chi connectivity index (χ1v) is 11.8. The van der Waals surface area contributed by atoms with Gasteiger partial charge in [-0.2, -0.15) is 5.26 Å². The Morgan fingerprint density at radius 3 is 2.67 bits per heavy atom. The molecule has 0 unspecified atom stereocenters. The third kappa shape index (κ3) is 4.28. The zero-order valence-corrected chi connectivity index (χ0v) is 19.5. The summed E-state index contributed by atoms with van der Waals surface area (Å²) in [6, 6.07) is 18.4. The zero-order valence-electron chi connectivity index (χ0n) is 18.7. The highest BCUT2D eigenvalue weighted by Gasteiger charge is 2.21. The van der Waals surface area contributed by atoms with Gasteiger partial charge < -0.3 is 15.0 Å². The van der Waals surface area contributed by atoms with Crippen molar-refractivity contribution < 1.29 is 9.64 Å². The third-order valence-electron chi connectivity index (χ3n) is 6.50. The molecule has 0 atom stereocenters. The normalized spacial score (nSPS) is 14.6. The number of pyridine rings is 1. The molecule has 0 amide bonds. The number of rotatable bonds is 6. The molecule has 168 valence electrons. The maximum atomic E-state index is 10.0. The summed E-state index contributed by atoms with van der Waals surface area (Å²) in [6.45, 7) is 7.59. The van der Waals surface area contributed by atoms with Gasteiger partial charge in [-0.15, -0.1) is 0 Å². The predicted octanol–water partition coefficient (Wildman–Crippen LogP) is 3.24. The number of fused-ring (bicyclic) bond motifs is 3. The molecule has 1 aliphatic rings. The van der Waals surface area contributed by atoms with E-state index in [1.165, 1.54) is 0 Å². The lowest BCUT2D eigenvalue weighted by atomic mass is 9.97. The van der Waals surface area contributed by atoms with Gasteiger partial charge in [-0.3, -0.25) is 4.40 Å². The number of nitriles is 1. The van der Waals surface area contributed by atoms with Crippen LogP contribution in [0.4, 0.5) is 5.82 Å². The number of hydrogen-bond acceptors (Lipinski definition) is 4. The zero-order chi connectivity index (χ0) is 22.8. The third-order valence-corrected chi connectivity index (χ3v) is 6.75. The van der Waals surface area contributed by atoms with Crippen molar-refractivity contribution in [3.63, 3.8) is 0 Å². The van der Waals surface area contributed by atoms with Crippen LogP contribution in [0.2, 0.25) is 5.02 Å². The average molecular weight is 461 g/mol. The van der Waals surface area contributed by atoms with Crippen LogP contribution in [-0.2, 0) is 11.2 Å². The molecule has 1 saturated heterocycles. The molecule has 0 spiro atoms. The summed E-state index contributed by atoms with van der Waals surface area (Å²) < 4.78 is 7.63. The highest BCUT2D eigenvalue weighted by molar-refractivity contribution is 6.30. The SMILES string of the molecule is Cc1c(Cc2ccc(Cl)cc2)c(NCC[NH+]2CCOCC2)n2c(nc3ccccc32)c1C#N. The average Bonchev–Trinajstić information content (AvgIpc) is 3.22. The van der Waals surface area contributed by atoms with Gasteiger partial charge in [0.2, 0.25) is 0 Å². The lowest BCUT2D eigenvalue weighted by Crippen LogP contribution is -3.14. The van der Waals surface area contributed by atoms with E-state index in [2.05, 4.69) is 21.9 Å². The summed E-state index contributed by atoms with van der Waals surface area (Å²) >= 11 is 6.12. The molecule has 1 fully saturated rings. The first-order valence-electron chi connectivity index (χ1n) is 11.4. The Morgan fingerprint density at radius 2 is 1.91 bits per heavy atom. The number of nitrogens with zero attached hydrogens (tertiary/aromatic N) is 3. The summed E-state index contributed by atoms with van der Waals surface area (Å²) in [5, 5.41) is 14.5. The minimum absolute atomic E-state index is 0.625. The van der Waals surface area contributed by atoms with Gasteiger partial charge in [-0.1, -0.05) is 35.9 Å². The maximum absolute atomic E-state index is 10.0. The van der Waals surface area contributed by atoms with Gasteiger partial charge in [0.1, 0.15) is 25.0 Å². The second-order valence-corrected chi connectivity index (χ2v) is 8.98. The first-order chi connectivity index (χ1) is 16.2. The molecular formula is C26H27ClN5O+. The Hall–Kier alpha value is -3.11. The van der Waals surface area contributed by atoms with Gasteiger partial charge in [-0.05, 0) is 42.3 Å². The van der Waals surface area contributed by atoms with Gasteiger partial charge in [0.15, 0.2) is 5.65 Å². The van der Waals surface area contributed by atoms with Crippen molar-refractivity contribution in [3.8, 4) is 6.07 Å². The van der Waals surface area contributed by atoms with Gasteiger partial charge in [0.05, 0.1) is 42.9 Å². The number of halogens is 1. The number of imidazole rings is 1. The number of nitrogens with one attached hydrogen (secondary N) is 2. The minimum Gasteiger partial charge on any atom is -0.370 e. The largest absolute Gasteiger partial charge is 0.370 e. The Morgan fingerprint density at radius 1 is 1.15 bits per heavy atom. The van der Waals surface area contributed by atoms with Gasteiger partial charge in [0, 0.05) is 17.0 Å². The predicted molar refractivity (Wildman–Crippen MR) is 131 cm³/mol. The maximum Gasteiger partial charge on any atom is 0.157 e. The number of benzene rings is 2. The van der Waals surface area contributed by atoms with Crippen LogP contribution in [0.25, 0.3) is 16.7 Å². The molecule has 0 bridgehead atoms. The first kappa shape index (κ1) is 21.7.